The Morgan fingerprint density at radius 3 is 2.71 bits per heavy atom. The average Bonchev–Trinajstić information content (AvgIpc) is 2.96. The van der Waals surface area contributed by atoms with Crippen molar-refractivity contribution in [3.8, 4) is 5.69 Å². The third-order valence-corrected chi connectivity index (χ3v) is 4.29. The molecule has 24 heavy (non-hydrogen) atoms. The standard InChI is InChI=1S/C19H22N4O/c1-13-9-14(2)20-10-16(13)11-21-19(24)18-12-22-23(15(18)3)17-7-5-4-6-8-17/h4-9,12,20H,10-11H2,1-3H3,(H,21,24). The molecule has 2 aromatic rings. The van der Waals surface area contributed by atoms with Crippen LogP contribution in [-0.2, 0) is 0 Å². The number of hydrogen-bond acceptors (Lipinski definition) is 3. The summed E-state index contributed by atoms with van der Waals surface area (Å²) < 4.78 is 1.79. The van der Waals surface area contributed by atoms with Gasteiger partial charge < -0.3 is 10.6 Å². The zero-order valence-corrected chi connectivity index (χ0v) is 14.3. The van der Waals surface area contributed by atoms with Gasteiger partial charge in [0, 0.05) is 18.8 Å². The Kier molecular flexibility index (Phi) is 4.51. The fourth-order valence-electron chi connectivity index (χ4n) is 2.81. The molecule has 0 saturated carbocycles. The van der Waals surface area contributed by atoms with Gasteiger partial charge in [-0.15, -0.1) is 0 Å². The lowest BCUT2D eigenvalue weighted by atomic mass is 10.1. The predicted molar refractivity (Wildman–Crippen MR) is 95.1 cm³/mol. The van der Waals surface area contributed by atoms with Crippen LogP contribution in [0.1, 0.15) is 29.9 Å². The Hall–Kier alpha value is -2.82. The number of hydrogen-bond donors (Lipinski definition) is 2. The molecule has 1 amide bonds. The van der Waals surface area contributed by atoms with E-state index in [1.165, 1.54) is 11.1 Å². The Labute approximate surface area is 142 Å². The molecule has 1 aromatic carbocycles. The highest BCUT2D eigenvalue weighted by molar-refractivity contribution is 5.95. The van der Waals surface area contributed by atoms with Crippen molar-refractivity contribution >= 4 is 5.91 Å². The van der Waals surface area contributed by atoms with E-state index in [4.69, 9.17) is 0 Å². The Morgan fingerprint density at radius 1 is 1.25 bits per heavy atom. The third-order valence-electron chi connectivity index (χ3n) is 4.29. The van der Waals surface area contributed by atoms with E-state index in [1.807, 2.05) is 44.2 Å². The fourth-order valence-corrected chi connectivity index (χ4v) is 2.81. The van der Waals surface area contributed by atoms with Gasteiger partial charge in [0.2, 0.25) is 0 Å². The lowest BCUT2D eigenvalue weighted by molar-refractivity contribution is 0.0956. The van der Waals surface area contributed by atoms with Gasteiger partial charge in [0.1, 0.15) is 0 Å². The maximum Gasteiger partial charge on any atom is 0.255 e. The number of para-hydroxylation sites is 1. The van der Waals surface area contributed by atoms with Crippen LogP contribution in [0.5, 0.6) is 0 Å². The van der Waals surface area contributed by atoms with E-state index in [1.54, 1.807) is 10.9 Å². The molecule has 0 atom stereocenters. The van der Waals surface area contributed by atoms with Crippen LogP contribution in [0.15, 0.2) is 59.4 Å². The van der Waals surface area contributed by atoms with E-state index < -0.39 is 0 Å². The van der Waals surface area contributed by atoms with Crippen LogP contribution in [-0.4, -0.2) is 28.8 Å². The van der Waals surface area contributed by atoms with E-state index >= 15 is 0 Å². The Bertz CT molecular complexity index is 815. The van der Waals surface area contributed by atoms with Gasteiger partial charge >= 0.3 is 0 Å². The number of amides is 1. The maximum atomic E-state index is 12.5. The Morgan fingerprint density at radius 2 is 2.00 bits per heavy atom. The van der Waals surface area contributed by atoms with E-state index in [0.29, 0.717) is 12.1 Å². The van der Waals surface area contributed by atoms with E-state index in [9.17, 15) is 4.79 Å². The van der Waals surface area contributed by atoms with Crippen molar-refractivity contribution in [2.24, 2.45) is 0 Å². The zero-order valence-electron chi connectivity index (χ0n) is 14.3. The Balaban J connectivity index is 1.73. The number of nitrogens with zero attached hydrogens (tertiary/aromatic N) is 2. The van der Waals surface area contributed by atoms with Crippen LogP contribution >= 0.6 is 0 Å². The molecule has 0 unspecified atom stereocenters. The molecular formula is C19H22N4O. The SMILES string of the molecule is CC1=CC(C)=C(CNC(=O)c2cnn(-c3ccccc3)c2C)CN1. The molecule has 1 aliphatic heterocycles. The quantitative estimate of drug-likeness (QED) is 0.910. The molecule has 0 spiro atoms. The van der Waals surface area contributed by atoms with Gasteiger partial charge in [0.25, 0.3) is 5.91 Å². The topological polar surface area (TPSA) is 59.0 Å². The van der Waals surface area contributed by atoms with Crippen LogP contribution in [0.2, 0.25) is 0 Å². The number of nitrogens with one attached hydrogen (secondary N) is 2. The largest absolute Gasteiger partial charge is 0.385 e. The molecule has 0 saturated heterocycles. The van der Waals surface area contributed by atoms with Gasteiger partial charge in [-0.2, -0.15) is 5.10 Å². The van der Waals surface area contributed by atoms with Crippen molar-refractivity contribution < 1.29 is 4.79 Å². The summed E-state index contributed by atoms with van der Waals surface area (Å²) in [5.41, 5.74) is 5.95. The van der Waals surface area contributed by atoms with Crippen molar-refractivity contribution in [1.82, 2.24) is 20.4 Å². The van der Waals surface area contributed by atoms with Crippen molar-refractivity contribution in [3.05, 3.63) is 70.7 Å². The number of carbonyl (C=O) groups is 1. The molecule has 2 N–H and O–H groups in total. The molecule has 5 heteroatoms. The smallest absolute Gasteiger partial charge is 0.255 e. The highest BCUT2D eigenvalue weighted by Gasteiger charge is 2.16. The molecule has 0 aliphatic carbocycles. The van der Waals surface area contributed by atoms with Crippen molar-refractivity contribution in [1.29, 1.82) is 0 Å². The minimum Gasteiger partial charge on any atom is -0.385 e. The van der Waals surface area contributed by atoms with Gasteiger partial charge in [0.15, 0.2) is 0 Å². The first-order chi connectivity index (χ1) is 11.6. The number of rotatable bonds is 4. The monoisotopic (exact) mass is 322 g/mol. The normalized spacial score (nSPS) is 14.2. The highest BCUT2D eigenvalue weighted by atomic mass is 16.1. The molecule has 124 valence electrons. The first-order valence-corrected chi connectivity index (χ1v) is 8.05. The summed E-state index contributed by atoms with van der Waals surface area (Å²) in [6.45, 7) is 7.34. The summed E-state index contributed by atoms with van der Waals surface area (Å²) in [5.74, 6) is -0.0961. The molecule has 1 aliphatic rings. The summed E-state index contributed by atoms with van der Waals surface area (Å²) in [6.07, 6.45) is 3.73. The second-order valence-corrected chi connectivity index (χ2v) is 6.04. The van der Waals surface area contributed by atoms with Gasteiger partial charge in [-0.25, -0.2) is 4.68 Å². The highest BCUT2D eigenvalue weighted by Crippen LogP contribution is 2.15. The molecule has 3 rings (SSSR count). The van der Waals surface area contributed by atoms with Gasteiger partial charge in [-0.1, -0.05) is 18.2 Å². The summed E-state index contributed by atoms with van der Waals surface area (Å²) in [6, 6.07) is 9.81. The lowest BCUT2D eigenvalue weighted by Crippen LogP contribution is -2.31. The van der Waals surface area contributed by atoms with E-state index in [2.05, 4.69) is 28.7 Å². The van der Waals surface area contributed by atoms with Crippen LogP contribution in [0, 0.1) is 6.92 Å². The molecule has 0 bridgehead atoms. The van der Waals surface area contributed by atoms with Crippen molar-refractivity contribution in [2.75, 3.05) is 13.1 Å². The molecule has 0 radical (unpaired) electrons. The first kappa shape index (κ1) is 16.1. The van der Waals surface area contributed by atoms with Crippen LogP contribution in [0.25, 0.3) is 5.69 Å². The minimum atomic E-state index is -0.0961. The summed E-state index contributed by atoms with van der Waals surface area (Å²) in [7, 11) is 0. The molecular weight excluding hydrogens is 300 g/mol. The van der Waals surface area contributed by atoms with Gasteiger partial charge in [-0.3, -0.25) is 4.79 Å². The zero-order chi connectivity index (χ0) is 17.1. The van der Waals surface area contributed by atoms with Crippen LogP contribution in [0.4, 0.5) is 0 Å². The number of benzene rings is 1. The summed E-state index contributed by atoms with van der Waals surface area (Å²) >= 11 is 0. The minimum absolute atomic E-state index is 0.0961. The molecule has 5 nitrogen and oxygen atoms in total. The van der Waals surface area contributed by atoms with Gasteiger partial charge in [-0.05, 0) is 50.1 Å². The maximum absolute atomic E-state index is 12.5. The fraction of sp³-hybridized carbons (Fsp3) is 0.263. The van der Waals surface area contributed by atoms with Crippen LogP contribution < -0.4 is 10.6 Å². The number of aromatic nitrogens is 2. The first-order valence-electron chi connectivity index (χ1n) is 8.05. The number of allylic oxidation sites excluding steroid dienone is 3. The summed E-state index contributed by atoms with van der Waals surface area (Å²) in [4.78, 5) is 12.5. The number of dihydropyridines is 1. The van der Waals surface area contributed by atoms with E-state index in [-0.39, 0.29) is 5.91 Å². The predicted octanol–water partition coefficient (Wildman–Crippen LogP) is 2.73. The van der Waals surface area contributed by atoms with Crippen molar-refractivity contribution in [2.45, 2.75) is 20.8 Å². The second kappa shape index (κ2) is 6.74. The third kappa shape index (κ3) is 3.25. The van der Waals surface area contributed by atoms with E-state index in [0.717, 1.165) is 23.6 Å². The summed E-state index contributed by atoms with van der Waals surface area (Å²) in [5, 5.41) is 10.6. The lowest BCUT2D eigenvalue weighted by Gasteiger charge is -2.18. The van der Waals surface area contributed by atoms with Gasteiger partial charge in [0.05, 0.1) is 23.1 Å². The number of carbonyl (C=O) groups excluding carboxylic acids is 1. The van der Waals surface area contributed by atoms with Crippen molar-refractivity contribution in [3.63, 3.8) is 0 Å². The van der Waals surface area contributed by atoms with Crippen LogP contribution in [0.3, 0.4) is 0 Å². The molecule has 1 aromatic heterocycles. The average molecular weight is 322 g/mol. The molecule has 2 heterocycles. The second-order valence-electron chi connectivity index (χ2n) is 6.04. The molecule has 0 fully saturated rings.